The van der Waals surface area contributed by atoms with E-state index in [1.54, 1.807) is 4.90 Å². The van der Waals surface area contributed by atoms with Gasteiger partial charge in [0.05, 0.1) is 12.6 Å². The third-order valence-corrected chi connectivity index (χ3v) is 6.24. The molecule has 4 rings (SSSR count). The molecule has 0 bridgehead atoms. The summed E-state index contributed by atoms with van der Waals surface area (Å²) in [4.78, 5) is 17.0. The standard InChI is InChI=1S/C24H29N3O2/c1-17(23-12-19-10-6-7-11-22(19)29-23)26(2)24(28)16-27-14-20(13-25)21(15-27)18-8-4-3-5-9-18/h3-12,17,20-21H,13-16,25H2,1-2H3/t17?,20-,21+/m1/s1. The van der Waals surface area contributed by atoms with Crippen LogP contribution in [-0.4, -0.2) is 48.9 Å². The van der Waals surface area contributed by atoms with Gasteiger partial charge in [0.1, 0.15) is 11.3 Å². The highest BCUT2D eigenvalue weighted by atomic mass is 16.3. The third-order valence-electron chi connectivity index (χ3n) is 6.24. The number of amides is 1. The summed E-state index contributed by atoms with van der Waals surface area (Å²) < 4.78 is 5.96. The highest BCUT2D eigenvalue weighted by molar-refractivity contribution is 5.80. The van der Waals surface area contributed by atoms with Crippen LogP contribution >= 0.6 is 0 Å². The fourth-order valence-corrected chi connectivity index (χ4v) is 4.32. The van der Waals surface area contributed by atoms with E-state index in [0.717, 1.165) is 29.8 Å². The molecule has 1 aliphatic heterocycles. The highest BCUT2D eigenvalue weighted by Crippen LogP contribution is 2.32. The molecule has 5 heteroatoms. The summed E-state index contributed by atoms with van der Waals surface area (Å²) in [6.07, 6.45) is 0. The molecule has 0 saturated carbocycles. The zero-order valence-electron chi connectivity index (χ0n) is 17.1. The van der Waals surface area contributed by atoms with Gasteiger partial charge in [-0.1, -0.05) is 48.5 Å². The van der Waals surface area contributed by atoms with Crippen LogP contribution in [0.2, 0.25) is 0 Å². The van der Waals surface area contributed by atoms with E-state index >= 15 is 0 Å². The summed E-state index contributed by atoms with van der Waals surface area (Å²) in [5.74, 6) is 1.67. The van der Waals surface area contributed by atoms with Crippen molar-refractivity contribution in [1.82, 2.24) is 9.80 Å². The summed E-state index contributed by atoms with van der Waals surface area (Å²) in [5, 5.41) is 1.06. The first-order chi connectivity index (χ1) is 14.1. The van der Waals surface area contributed by atoms with Crippen molar-refractivity contribution >= 4 is 16.9 Å². The van der Waals surface area contributed by atoms with Crippen molar-refractivity contribution in [3.8, 4) is 0 Å². The number of nitrogens with zero attached hydrogens (tertiary/aromatic N) is 2. The maximum Gasteiger partial charge on any atom is 0.237 e. The van der Waals surface area contributed by atoms with Crippen LogP contribution in [0.15, 0.2) is 65.1 Å². The summed E-state index contributed by atoms with van der Waals surface area (Å²) in [7, 11) is 1.85. The molecule has 0 radical (unpaired) electrons. The van der Waals surface area contributed by atoms with E-state index in [-0.39, 0.29) is 11.9 Å². The fraction of sp³-hybridized carbons (Fsp3) is 0.375. The number of hydrogen-bond donors (Lipinski definition) is 1. The number of nitrogens with two attached hydrogens (primary N) is 1. The van der Waals surface area contributed by atoms with Gasteiger partial charge in [-0.05, 0) is 37.1 Å². The number of rotatable bonds is 6. The smallest absolute Gasteiger partial charge is 0.237 e. The van der Waals surface area contributed by atoms with Crippen LogP contribution in [0, 0.1) is 5.92 Å². The minimum atomic E-state index is -0.118. The quantitative estimate of drug-likeness (QED) is 0.697. The Hall–Kier alpha value is -2.63. The molecule has 3 atom stereocenters. The van der Waals surface area contributed by atoms with Crippen LogP contribution in [0.3, 0.4) is 0 Å². The predicted octanol–water partition coefficient (Wildman–Crippen LogP) is 3.63. The molecule has 2 heterocycles. The van der Waals surface area contributed by atoms with Crippen molar-refractivity contribution in [2.24, 2.45) is 11.7 Å². The summed E-state index contributed by atoms with van der Waals surface area (Å²) >= 11 is 0. The monoisotopic (exact) mass is 391 g/mol. The molecule has 1 aliphatic rings. The normalized spacial score (nSPS) is 20.8. The Labute approximate surface area is 172 Å². The van der Waals surface area contributed by atoms with Gasteiger partial charge >= 0.3 is 0 Å². The molecule has 3 aromatic rings. The SMILES string of the molecule is CC(c1cc2ccccc2o1)N(C)C(=O)CN1C[C@@H](CN)[C@H](c2ccccc2)C1. The highest BCUT2D eigenvalue weighted by Gasteiger charge is 2.34. The molecule has 2 N–H and O–H groups in total. The Balaban J connectivity index is 1.41. The zero-order chi connectivity index (χ0) is 20.4. The van der Waals surface area contributed by atoms with E-state index in [4.69, 9.17) is 10.2 Å². The molecule has 1 unspecified atom stereocenters. The van der Waals surface area contributed by atoms with E-state index in [0.29, 0.717) is 24.9 Å². The molecule has 29 heavy (non-hydrogen) atoms. The number of hydrogen-bond acceptors (Lipinski definition) is 4. The first-order valence-electron chi connectivity index (χ1n) is 10.3. The number of fused-ring (bicyclic) bond motifs is 1. The molecule has 5 nitrogen and oxygen atoms in total. The van der Waals surface area contributed by atoms with Gasteiger partial charge in [0.15, 0.2) is 0 Å². The van der Waals surface area contributed by atoms with Crippen molar-refractivity contribution < 1.29 is 9.21 Å². The van der Waals surface area contributed by atoms with E-state index in [1.165, 1.54) is 5.56 Å². The van der Waals surface area contributed by atoms with E-state index in [2.05, 4.69) is 29.2 Å². The van der Waals surface area contributed by atoms with Gasteiger partial charge in [-0.2, -0.15) is 0 Å². The number of carbonyl (C=O) groups is 1. The lowest BCUT2D eigenvalue weighted by atomic mass is 9.89. The van der Waals surface area contributed by atoms with Gasteiger partial charge in [0.2, 0.25) is 5.91 Å². The maximum atomic E-state index is 13.0. The summed E-state index contributed by atoms with van der Waals surface area (Å²) in [6.45, 7) is 4.77. The number of furan rings is 1. The van der Waals surface area contributed by atoms with Crippen molar-refractivity contribution in [3.63, 3.8) is 0 Å². The van der Waals surface area contributed by atoms with Gasteiger partial charge in [0.25, 0.3) is 0 Å². The van der Waals surface area contributed by atoms with E-state index in [1.807, 2.05) is 50.4 Å². The average molecular weight is 392 g/mol. The number of likely N-dealkylation sites (tertiary alicyclic amines) is 1. The van der Waals surface area contributed by atoms with E-state index < -0.39 is 0 Å². The number of benzene rings is 2. The fourth-order valence-electron chi connectivity index (χ4n) is 4.32. The van der Waals surface area contributed by atoms with Gasteiger partial charge in [-0.25, -0.2) is 0 Å². The van der Waals surface area contributed by atoms with Crippen LogP contribution in [-0.2, 0) is 4.79 Å². The molecule has 1 fully saturated rings. The largest absolute Gasteiger partial charge is 0.459 e. The summed E-state index contributed by atoms with van der Waals surface area (Å²) in [5.41, 5.74) is 8.20. The van der Waals surface area contributed by atoms with Crippen molar-refractivity contribution in [3.05, 3.63) is 72.0 Å². The Morgan fingerprint density at radius 3 is 2.62 bits per heavy atom. The van der Waals surface area contributed by atoms with Crippen molar-refractivity contribution in [2.75, 3.05) is 33.2 Å². The first-order valence-corrected chi connectivity index (χ1v) is 10.3. The minimum absolute atomic E-state index is 0.0995. The van der Waals surface area contributed by atoms with Crippen LogP contribution in [0.5, 0.6) is 0 Å². The molecule has 2 aromatic carbocycles. The second-order valence-electron chi connectivity index (χ2n) is 8.07. The Morgan fingerprint density at radius 1 is 1.17 bits per heavy atom. The zero-order valence-corrected chi connectivity index (χ0v) is 17.1. The van der Waals surface area contributed by atoms with Gasteiger partial charge in [-0.15, -0.1) is 0 Å². The average Bonchev–Trinajstić information content (AvgIpc) is 3.37. The van der Waals surface area contributed by atoms with Gasteiger partial charge in [0, 0.05) is 31.4 Å². The number of para-hydroxylation sites is 1. The topological polar surface area (TPSA) is 62.7 Å². The molecule has 152 valence electrons. The molecular weight excluding hydrogens is 362 g/mol. The maximum absolute atomic E-state index is 13.0. The number of carbonyl (C=O) groups excluding carboxylic acids is 1. The lowest BCUT2D eigenvalue weighted by Crippen LogP contribution is -2.39. The van der Waals surface area contributed by atoms with Gasteiger partial charge in [-0.3, -0.25) is 9.69 Å². The Morgan fingerprint density at radius 2 is 1.90 bits per heavy atom. The first kappa shape index (κ1) is 19.7. The predicted molar refractivity (Wildman–Crippen MR) is 116 cm³/mol. The molecule has 1 aromatic heterocycles. The number of likely N-dealkylation sites (N-methyl/N-ethyl adjacent to an activating group) is 1. The second-order valence-corrected chi connectivity index (χ2v) is 8.07. The lowest BCUT2D eigenvalue weighted by Gasteiger charge is -2.26. The van der Waals surface area contributed by atoms with Crippen molar-refractivity contribution in [2.45, 2.75) is 18.9 Å². The summed E-state index contributed by atoms with van der Waals surface area (Å²) in [6, 6.07) is 20.3. The van der Waals surface area contributed by atoms with Crippen LogP contribution in [0.4, 0.5) is 0 Å². The van der Waals surface area contributed by atoms with Crippen LogP contribution in [0.1, 0.15) is 30.2 Å². The lowest BCUT2D eigenvalue weighted by molar-refractivity contribution is -0.133. The molecule has 0 aliphatic carbocycles. The molecular formula is C24H29N3O2. The molecule has 1 saturated heterocycles. The van der Waals surface area contributed by atoms with Crippen LogP contribution in [0.25, 0.3) is 11.0 Å². The van der Waals surface area contributed by atoms with Gasteiger partial charge < -0.3 is 15.1 Å². The van der Waals surface area contributed by atoms with E-state index in [9.17, 15) is 4.79 Å². The minimum Gasteiger partial charge on any atom is -0.459 e. The Bertz CT molecular complexity index is 935. The van der Waals surface area contributed by atoms with Crippen molar-refractivity contribution in [1.29, 1.82) is 0 Å². The third kappa shape index (κ3) is 4.07. The Kier molecular flexibility index (Phi) is 5.69. The molecule has 0 spiro atoms. The second kappa shape index (κ2) is 8.39. The van der Waals surface area contributed by atoms with Crippen LogP contribution < -0.4 is 5.73 Å². The molecule has 1 amide bonds.